The van der Waals surface area contributed by atoms with Gasteiger partial charge >= 0.3 is 0 Å². The average Bonchev–Trinajstić information content (AvgIpc) is 3.04. The van der Waals surface area contributed by atoms with Crippen LogP contribution in [-0.4, -0.2) is 37.1 Å². The van der Waals surface area contributed by atoms with Crippen molar-refractivity contribution in [1.82, 2.24) is 10.3 Å². The van der Waals surface area contributed by atoms with Crippen molar-refractivity contribution in [1.29, 1.82) is 0 Å². The van der Waals surface area contributed by atoms with Gasteiger partial charge in [-0.25, -0.2) is 4.98 Å². The van der Waals surface area contributed by atoms with Crippen LogP contribution in [0.3, 0.4) is 0 Å². The number of carbonyl (C=O) groups excluding carboxylic acids is 1. The van der Waals surface area contributed by atoms with Crippen LogP contribution in [0.2, 0.25) is 5.02 Å². The van der Waals surface area contributed by atoms with E-state index >= 15 is 0 Å². The van der Waals surface area contributed by atoms with E-state index in [9.17, 15) is 4.79 Å². The van der Waals surface area contributed by atoms with Gasteiger partial charge in [0, 0.05) is 35.9 Å². The smallest absolute Gasteiger partial charge is 0.226 e. The van der Waals surface area contributed by atoms with Crippen molar-refractivity contribution in [2.75, 3.05) is 25.1 Å². The third-order valence-corrected chi connectivity index (χ3v) is 4.33. The molecule has 1 aromatic carbocycles. The number of nitrogens with one attached hydrogen (secondary N) is 1. The van der Waals surface area contributed by atoms with Crippen molar-refractivity contribution in [2.24, 2.45) is 0 Å². The molecule has 24 heavy (non-hydrogen) atoms. The highest BCUT2D eigenvalue weighted by atomic mass is 35.5. The van der Waals surface area contributed by atoms with Crippen LogP contribution >= 0.6 is 11.6 Å². The summed E-state index contributed by atoms with van der Waals surface area (Å²) in [4.78, 5) is 18.8. The number of hydrogen-bond acceptors (Lipinski definition) is 4. The summed E-state index contributed by atoms with van der Waals surface area (Å²) in [5, 5.41) is 3.82. The first-order valence-electron chi connectivity index (χ1n) is 7.94. The molecule has 0 unspecified atom stereocenters. The maximum Gasteiger partial charge on any atom is 0.226 e. The number of methoxy groups -OCH3 is 1. The molecule has 1 aliphatic rings. The third kappa shape index (κ3) is 4.17. The van der Waals surface area contributed by atoms with E-state index in [1.54, 1.807) is 13.2 Å². The van der Waals surface area contributed by atoms with Gasteiger partial charge in [-0.05, 0) is 36.8 Å². The summed E-state index contributed by atoms with van der Waals surface area (Å²) in [6.07, 6.45) is 1.19. The van der Waals surface area contributed by atoms with Crippen LogP contribution in [0.25, 0.3) is 0 Å². The fraction of sp³-hybridized carbons (Fsp3) is 0.333. The van der Waals surface area contributed by atoms with Gasteiger partial charge in [0.1, 0.15) is 0 Å². The zero-order valence-electron chi connectivity index (χ0n) is 13.5. The summed E-state index contributed by atoms with van der Waals surface area (Å²) in [7, 11) is 1.57. The maximum absolute atomic E-state index is 12.2. The van der Waals surface area contributed by atoms with Gasteiger partial charge in [0.05, 0.1) is 19.2 Å². The van der Waals surface area contributed by atoms with Gasteiger partial charge in [-0.3, -0.25) is 4.79 Å². The van der Waals surface area contributed by atoms with Crippen molar-refractivity contribution >= 4 is 23.2 Å². The monoisotopic (exact) mass is 345 g/mol. The molecular weight excluding hydrogens is 326 g/mol. The number of pyridine rings is 1. The highest BCUT2D eigenvalue weighted by molar-refractivity contribution is 6.30. The average molecular weight is 346 g/mol. The Kier molecular flexibility index (Phi) is 5.20. The molecule has 2 aromatic rings. The van der Waals surface area contributed by atoms with E-state index in [4.69, 9.17) is 16.3 Å². The molecule has 0 radical (unpaired) electrons. The minimum atomic E-state index is -0.0151. The molecule has 2 heterocycles. The molecular formula is C18H20ClN3O2. The molecule has 1 aliphatic heterocycles. The predicted octanol–water partition coefficient (Wildman–Crippen LogP) is 2.68. The standard InChI is InChI=1S/C18H20ClN3O2/c1-24-18-4-2-3-14(21-18)11-17(23)20-15-9-10-22(12-15)16-7-5-13(19)6-8-16/h2-8,15H,9-12H2,1H3,(H,20,23)/t15-/m1/s1. The summed E-state index contributed by atoms with van der Waals surface area (Å²) in [6.45, 7) is 1.73. The molecule has 1 saturated heterocycles. The molecule has 1 aromatic heterocycles. The molecule has 126 valence electrons. The van der Waals surface area contributed by atoms with Gasteiger partial charge in [-0.2, -0.15) is 0 Å². The Labute approximate surface area is 146 Å². The zero-order valence-corrected chi connectivity index (χ0v) is 14.3. The molecule has 0 aliphatic carbocycles. The van der Waals surface area contributed by atoms with E-state index in [1.807, 2.05) is 36.4 Å². The van der Waals surface area contributed by atoms with Crippen molar-refractivity contribution in [3.05, 3.63) is 53.2 Å². The molecule has 1 amide bonds. The summed E-state index contributed by atoms with van der Waals surface area (Å²) in [5.74, 6) is 0.508. The number of nitrogens with zero attached hydrogens (tertiary/aromatic N) is 2. The van der Waals surface area contributed by atoms with Gasteiger partial charge in [-0.15, -0.1) is 0 Å². The summed E-state index contributed by atoms with van der Waals surface area (Å²) in [6, 6.07) is 13.4. The molecule has 1 N–H and O–H groups in total. The van der Waals surface area contributed by atoms with Crippen LogP contribution in [-0.2, 0) is 11.2 Å². The Hall–Kier alpha value is -2.27. The topological polar surface area (TPSA) is 54.5 Å². The van der Waals surface area contributed by atoms with E-state index < -0.39 is 0 Å². The fourth-order valence-electron chi connectivity index (χ4n) is 2.88. The minimum Gasteiger partial charge on any atom is -0.481 e. The number of ether oxygens (including phenoxy) is 1. The molecule has 5 nitrogen and oxygen atoms in total. The fourth-order valence-corrected chi connectivity index (χ4v) is 3.00. The Morgan fingerprint density at radius 2 is 2.12 bits per heavy atom. The lowest BCUT2D eigenvalue weighted by Gasteiger charge is -2.19. The second kappa shape index (κ2) is 7.53. The van der Waals surface area contributed by atoms with Gasteiger partial charge in [0.15, 0.2) is 0 Å². The number of benzene rings is 1. The number of amides is 1. The molecule has 0 bridgehead atoms. The molecule has 0 saturated carbocycles. The van der Waals surface area contributed by atoms with E-state index in [-0.39, 0.29) is 18.4 Å². The number of hydrogen-bond donors (Lipinski definition) is 1. The quantitative estimate of drug-likeness (QED) is 0.905. The molecule has 0 spiro atoms. The maximum atomic E-state index is 12.2. The predicted molar refractivity (Wildman–Crippen MR) is 94.7 cm³/mol. The Morgan fingerprint density at radius 1 is 1.33 bits per heavy atom. The van der Waals surface area contributed by atoms with Gasteiger partial charge in [-0.1, -0.05) is 17.7 Å². The summed E-state index contributed by atoms with van der Waals surface area (Å²) in [5.41, 5.74) is 1.84. The highest BCUT2D eigenvalue weighted by Crippen LogP contribution is 2.22. The minimum absolute atomic E-state index is 0.0151. The van der Waals surface area contributed by atoms with Crippen LogP contribution in [0.15, 0.2) is 42.5 Å². The second-order valence-electron chi connectivity index (χ2n) is 5.82. The second-order valence-corrected chi connectivity index (χ2v) is 6.26. The van der Waals surface area contributed by atoms with Crippen molar-refractivity contribution in [2.45, 2.75) is 18.9 Å². The number of halogens is 1. The van der Waals surface area contributed by atoms with E-state index in [0.29, 0.717) is 11.6 Å². The number of rotatable bonds is 5. The van der Waals surface area contributed by atoms with Crippen LogP contribution in [0.4, 0.5) is 5.69 Å². The Balaban J connectivity index is 1.53. The number of aromatic nitrogens is 1. The van der Waals surface area contributed by atoms with Gasteiger partial charge in [0.25, 0.3) is 0 Å². The lowest BCUT2D eigenvalue weighted by atomic mass is 10.2. The zero-order chi connectivity index (χ0) is 16.9. The van der Waals surface area contributed by atoms with Crippen LogP contribution in [0.1, 0.15) is 12.1 Å². The Morgan fingerprint density at radius 3 is 2.88 bits per heavy atom. The van der Waals surface area contributed by atoms with Crippen LogP contribution in [0, 0.1) is 0 Å². The van der Waals surface area contributed by atoms with Gasteiger partial charge < -0.3 is 15.0 Å². The lowest BCUT2D eigenvalue weighted by Crippen LogP contribution is -2.38. The number of anilines is 1. The largest absolute Gasteiger partial charge is 0.481 e. The Bertz CT molecular complexity index is 706. The van der Waals surface area contributed by atoms with Crippen LogP contribution in [0.5, 0.6) is 5.88 Å². The molecule has 6 heteroatoms. The number of carbonyl (C=O) groups is 1. The van der Waals surface area contributed by atoms with Crippen molar-refractivity contribution < 1.29 is 9.53 Å². The highest BCUT2D eigenvalue weighted by Gasteiger charge is 2.24. The van der Waals surface area contributed by atoms with Crippen molar-refractivity contribution in [3.8, 4) is 5.88 Å². The first-order valence-corrected chi connectivity index (χ1v) is 8.31. The molecule has 1 atom stereocenters. The normalized spacial score (nSPS) is 16.9. The van der Waals surface area contributed by atoms with Gasteiger partial charge in [0.2, 0.25) is 11.8 Å². The molecule has 1 fully saturated rings. The molecule has 3 rings (SSSR count). The third-order valence-electron chi connectivity index (χ3n) is 4.08. The SMILES string of the molecule is COc1cccc(CC(=O)N[C@@H]2CCN(c3ccc(Cl)cc3)C2)n1. The first kappa shape index (κ1) is 16.6. The van der Waals surface area contributed by atoms with Crippen molar-refractivity contribution in [3.63, 3.8) is 0 Å². The van der Waals surface area contributed by atoms with E-state index in [0.717, 1.165) is 30.2 Å². The van der Waals surface area contributed by atoms with E-state index in [1.165, 1.54) is 0 Å². The van der Waals surface area contributed by atoms with E-state index in [2.05, 4.69) is 15.2 Å². The summed E-state index contributed by atoms with van der Waals surface area (Å²) >= 11 is 5.92. The lowest BCUT2D eigenvalue weighted by molar-refractivity contribution is -0.121. The van der Waals surface area contributed by atoms with Crippen LogP contribution < -0.4 is 15.0 Å². The summed E-state index contributed by atoms with van der Waals surface area (Å²) < 4.78 is 5.08. The first-order chi connectivity index (χ1) is 11.6.